The monoisotopic (exact) mass is 596 g/mol. The third-order valence-corrected chi connectivity index (χ3v) is 6.94. The van der Waals surface area contributed by atoms with E-state index in [0.717, 1.165) is 24.3 Å². The normalized spacial score (nSPS) is 31.7. The second-order valence-electron chi connectivity index (χ2n) is 9.85. The van der Waals surface area contributed by atoms with Gasteiger partial charge in [-0.25, -0.2) is 0 Å². The van der Waals surface area contributed by atoms with Crippen LogP contribution in [0.2, 0.25) is 0 Å². The number of benzene rings is 2. The molecule has 0 spiro atoms. The Hall–Kier alpha value is -3.71. The van der Waals surface area contributed by atoms with Crippen LogP contribution in [-0.4, -0.2) is 120 Å². The molecule has 10 N–H and O–H groups in total. The fourth-order valence-corrected chi connectivity index (χ4v) is 4.61. The van der Waals surface area contributed by atoms with Gasteiger partial charge in [-0.1, -0.05) is 0 Å². The molecule has 9 atom stereocenters. The molecule has 2 saturated heterocycles. The maximum absolute atomic E-state index is 13.5. The molecule has 2 aliphatic rings. The molecule has 2 fully saturated rings. The zero-order valence-electron chi connectivity index (χ0n) is 21.4. The van der Waals surface area contributed by atoms with Gasteiger partial charge in [0.1, 0.15) is 65.2 Å². The number of hydrogen-bond acceptors (Lipinski definition) is 16. The van der Waals surface area contributed by atoms with Gasteiger partial charge in [-0.2, -0.15) is 0 Å². The van der Waals surface area contributed by atoms with Crippen LogP contribution in [0.15, 0.2) is 39.5 Å². The Balaban J connectivity index is 1.48. The number of phenolic OH excluding ortho intramolecular Hbond substituents is 4. The minimum Gasteiger partial charge on any atom is -0.508 e. The maximum atomic E-state index is 13.5. The van der Waals surface area contributed by atoms with Crippen LogP contribution in [0.4, 0.5) is 0 Å². The topological polar surface area (TPSA) is 269 Å². The number of ether oxygens (including phenoxy) is 4. The Labute approximate surface area is 235 Å². The van der Waals surface area contributed by atoms with Crippen molar-refractivity contribution in [1.29, 1.82) is 0 Å². The third kappa shape index (κ3) is 5.42. The van der Waals surface area contributed by atoms with E-state index in [9.17, 15) is 55.9 Å². The summed E-state index contributed by atoms with van der Waals surface area (Å²) in [6.45, 7) is -0.970. The van der Waals surface area contributed by atoms with Crippen molar-refractivity contribution in [3.63, 3.8) is 0 Å². The van der Waals surface area contributed by atoms with Gasteiger partial charge in [0.15, 0.2) is 23.5 Å². The zero-order chi connectivity index (χ0) is 30.5. The number of aromatic hydroxyl groups is 4. The SMILES string of the molecule is O=c1c(O[C@H]2O[C@H](CO[C@@H]3OC[C@@H](O)[C@H](O)[C@H]3O)[C@@H](O)[C@@H](O)[C@@H]2O)c(-c2ccc(O)c(O)c2)oc2cc(O)cc(O)c12. The lowest BCUT2D eigenvalue weighted by molar-refractivity contribution is -0.307. The van der Waals surface area contributed by atoms with Crippen LogP contribution in [0.3, 0.4) is 0 Å². The van der Waals surface area contributed by atoms with E-state index in [-0.39, 0.29) is 17.8 Å². The van der Waals surface area contributed by atoms with Gasteiger partial charge in [0, 0.05) is 17.7 Å². The highest BCUT2D eigenvalue weighted by Gasteiger charge is 2.47. The molecule has 0 saturated carbocycles. The van der Waals surface area contributed by atoms with E-state index in [2.05, 4.69) is 0 Å². The van der Waals surface area contributed by atoms with Gasteiger partial charge in [0.2, 0.25) is 17.5 Å². The number of rotatable bonds is 6. The van der Waals surface area contributed by atoms with E-state index in [1.54, 1.807) is 0 Å². The lowest BCUT2D eigenvalue weighted by Crippen LogP contribution is -2.61. The summed E-state index contributed by atoms with van der Waals surface area (Å²) in [5.41, 5.74) is -1.35. The summed E-state index contributed by atoms with van der Waals surface area (Å²) in [5.74, 6) is -3.33. The first kappa shape index (κ1) is 29.8. The number of aliphatic hydroxyl groups excluding tert-OH is 6. The van der Waals surface area contributed by atoms with Gasteiger partial charge in [0.05, 0.1) is 13.2 Å². The largest absolute Gasteiger partial charge is 0.508 e. The molecule has 42 heavy (non-hydrogen) atoms. The highest BCUT2D eigenvalue weighted by Crippen LogP contribution is 2.39. The lowest BCUT2D eigenvalue weighted by atomic mass is 9.99. The summed E-state index contributed by atoms with van der Waals surface area (Å²) >= 11 is 0. The quantitative estimate of drug-likeness (QED) is 0.137. The molecule has 0 radical (unpaired) electrons. The van der Waals surface area contributed by atoms with Crippen LogP contribution in [0.5, 0.6) is 28.7 Å². The van der Waals surface area contributed by atoms with Crippen molar-refractivity contribution in [1.82, 2.24) is 0 Å². The van der Waals surface area contributed by atoms with Crippen LogP contribution in [0.25, 0.3) is 22.3 Å². The van der Waals surface area contributed by atoms with Gasteiger partial charge in [-0.3, -0.25) is 4.79 Å². The molecule has 5 rings (SSSR count). The van der Waals surface area contributed by atoms with E-state index in [4.69, 9.17) is 23.4 Å². The lowest BCUT2D eigenvalue weighted by Gasteiger charge is -2.41. The smallest absolute Gasteiger partial charge is 0.239 e. The number of phenols is 4. The minimum absolute atomic E-state index is 0.0305. The summed E-state index contributed by atoms with van der Waals surface area (Å²) < 4.78 is 27.5. The van der Waals surface area contributed by atoms with Crippen molar-refractivity contribution >= 4 is 11.0 Å². The number of hydrogen-bond donors (Lipinski definition) is 10. The Bertz CT molecular complexity index is 1510. The molecule has 2 aliphatic heterocycles. The fourth-order valence-electron chi connectivity index (χ4n) is 4.61. The molecule has 1 aromatic heterocycles. The van der Waals surface area contributed by atoms with Crippen LogP contribution in [-0.2, 0) is 14.2 Å². The Morgan fingerprint density at radius 1 is 0.786 bits per heavy atom. The third-order valence-electron chi connectivity index (χ3n) is 6.94. The summed E-state index contributed by atoms with van der Waals surface area (Å²) in [5, 5.41) is 101. The number of aliphatic hydroxyl groups is 6. The van der Waals surface area contributed by atoms with E-state index >= 15 is 0 Å². The van der Waals surface area contributed by atoms with Crippen LogP contribution in [0.1, 0.15) is 0 Å². The molecule has 0 unspecified atom stereocenters. The second kappa shape index (κ2) is 11.5. The van der Waals surface area contributed by atoms with Crippen molar-refractivity contribution in [2.45, 2.75) is 55.3 Å². The predicted molar refractivity (Wildman–Crippen MR) is 136 cm³/mol. The molecule has 228 valence electrons. The Kier molecular flexibility index (Phi) is 8.17. The first-order valence-corrected chi connectivity index (χ1v) is 12.6. The Morgan fingerprint density at radius 2 is 1.50 bits per heavy atom. The summed E-state index contributed by atoms with van der Waals surface area (Å²) in [4.78, 5) is 13.5. The summed E-state index contributed by atoms with van der Waals surface area (Å²) in [7, 11) is 0. The van der Waals surface area contributed by atoms with Gasteiger partial charge >= 0.3 is 0 Å². The van der Waals surface area contributed by atoms with Crippen LogP contribution >= 0.6 is 0 Å². The highest BCUT2D eigenvalue weighted by molar-refractivity contribution is 5.88. The van der Waals surface area contributed by atoms with E-state index < -0.39 is 107 Å². The second-order valence-corrected chi connectivity index (χ2v) is 9.85. The van der Waals surface area contributed by atoms with Crippen molar-refractivity contribution < 1.29 is 74.4 Å². The fraction of sp³-hybridized carbons (Fsp3) is 0.423. The van der Waals surface area contributed by atoms with Gasteiger partial charge < -0.3 is 74.4 Å². The molecule has 3 aromatic rings. The molecule has 2 aromatic carbocycles. The van der Waals surface area contributed by atoms with Gasteiger partial charge in [0.25, 0.3) is 0 Å². The molecule has 16 nitrogen and oxygen atoms in total. The first-order chi connectivity index (χ1) is 19.9. The molecule has 3 heterocycles. The van der Waals surface area contributed by atoms with E-state index in [0.29, 0.717) is 0 Å². The average molecular weight is 596 g/mol. The van der Waals surface area contributed by atoms with Crippen molar-refractivity contribution in [3.05, 3.63) is 40.6 Å². The molecule has 16 heteroatoms. The van der Waals surface area contributed by atoms with Crippen molar-refractivity contribution in [2.75, 3.05) is 13.2 Å². The minimum atomic E-state index is -1.96. The predicted octanol–water partition coefficient (Wildman–Crippen LogP) is -2.08. The molecule has 0 bridgehead atoms. The van der Waals surface area contributed by atoms with Gasteiger partial charge in [-0.05, 0) is 18.2 Å². The summed E-state index contributed by atoms with van der Waals surface area (Å²) in [6.07, 6.45) is -15.1. The average Bonchev–Trinajstić information content (AvgIpc) is 2.94. The molecule has 0 amide bonds. The number of fused-ring (bicyclic) bond motifs is 1. The van der Waals surface area contributed by atoms with E-state index in [1.807, 2.05) is 0 Å². The molecular weight excluding hydrogens is 568 g/mol. The highest BCUT2D eigenvalue weighted by atomic mass is 16.7. The maximum Gasteiger partial charge on any atom is 0.239 e. The van der Waals surface area contributed by atoms with Crippen LogP contribution in [0, 0.1) is 0 Å². The molecule has 0 aliphatic carbocycles. The first-order valence-electron chi connectivity index (χ1n) is 12.6. The summed E-state index contributed by atoms with van der Waals surface area (Å²) in [6, 6.07) is 5.23. The Morgan fingerprint density at radius 3 is 2.21 bits per heavy atom. The van der Waals surface area contributed by atoms with Gasteiger partial charge in [-0.15, -0.1) is 0 Å². The standard InChI is InChI=1S/C26H28O16/c27-9-4-12(30)16-14(5-9)40-23(8-1-2-10(28)11(29)3-8)24(19(16)34)42-26-22(37)20(35)18(33)15(41-26)7-39-25-21(36)17(32)13(31)6-38-25/h1-5,13,15,17-18,20-22,25-33,35-37H,6-7H2/t13-,15-,17+,18-,20-,21-,22+,25+,26-/m1/s1. The van der Waals surface area contributed by atoms with Crippen molar-refractivity contribution in [2.24, 2.45) is 0 Å². The van der Waals surface area contributed by atoms with E-state index in [1.165, 1.54) is 6.07 Å². The van der Waals surface area contributed by atoms with Crippen LogP contribution < -0.4 is 10.2 Å². The molecular formula is C26H28O16. The zero-order valence-corrected chi connectivity index (χ0v) is 21.4. The van der Waals surface area contributed by atoms with Crippen molar-refractivity contribution in [3.8, 4) is 40.1 Å².